The highest BCUT2D eigenvalue weighted by Crippen LogP contribution is 2.35. The fourth-order valence-corrected chi connectivity index (χ4v) is 5.73. The van der Waals surface area contributed by atoms with Gasteiger partial charge in [0.2, 0.25) is 0 Å². The lowest BCUT2D eigenvalue weighted by molar-refractivity contribution is -0.0404. The first-order chi connectivity index (χ1) is 19.8. The van der Waals surface area contributed by atoms with Crippen molar-refractivity contribution in [1.29, 1.82) is 0 Å². The molecule has 216 valence electrons. The zero-order valence-corrected chi connectivity index (χ0v) is 28.1. The van der Waals surface area contributed by atoms with Crippen LogP contribution in [0.15, 0.2) is 97.1 Å². The second-order valence-corrected chi connectivity index (χ2v) is 13.0. The van der Waals surface area contributed by atoms with E-state index < -0.39 is 11.2 Å². The highest BCUT2D eigenvalue weighted by molar-refractivity contribution is 14.1. The molecule has 0 saturated carbocycles. The van der Waals surface area contributed by atoms with Crippen LogP contribution in [-0.4, -0.2) is 49.6 Å². The second kappa shape index (κ2) is 15.4. The van der Waals surface area contributed by atoms with Gasteiger partial charge in [-0.3, -0.25) is 0 Å². The quantitative estimate of drug-likeness (QED) is 0.120. The number of nitrogens with one attached hydrogen (secondary N) is 2. The molecule has 4 aromatic carbocycles. The van der Waals surface area contributed by atoms with Gasteiger partial charge in [-0.2, -0.15) is 0 Å². The van der Waals surface area contributed by atoms with Crippen LogP contribution < -0.4 is 10.6 Å². The molecule has 4 N–H and O–H groups in total. The molecule has 5 nitrogen and oxygen atoms in total. The topological polar surface area (TPSA) is 73.8 Å². The predicted molar refractivity (Wildman–Crippen MR) is 184 cm³/mol. The van der Waals surface area contributed by atoms with Gasteiger partial charge in [-0.15, -0.1) is 0 Å². The molecule has 0 spiro atoms. The van der Waals surface area contributed by atoms with Crippen LogP contribution in [0.2, 0.25) is 10.0 Å². The van der Waals surface area contributed by atoms with Crippen LogP contribution >= 0.6 is 68.4 Å². The molecule has 1 fully saturated rings. The van der Waals surface area contributed by atoms with Gasteiger partial charge in [0.15, 0.2) is 0 Å². The maximum absolute atomic E-state index is 11.2. The van der Waals surface area contributed by atoms with Crippen molar-refractivity contribution >= 4 is 68.4 Å². The van der Waals surface area contributed by atoms with Gasteiger partial charge in [-0.05, 0) is 116 Å². The first kappa shape index (κ1) is 32.6. The molecule has 1 aliphatic heterocycles. The summed E-state index contributed by atoms with van der Waals surface area (Å²) < 4.78 is 8.54. The summed E-state index contributed by atoms with van der Waals surface area (Å²) in [5, 5.41) is 28.0. The lowest BCUT2D eigenvalue weighted by Crippen LogP contribution is -2.48. The lowest BCUT2D eigenvalue weighted by Gasteiger charge is -2.38. The Hall–Kier alpha value is -1.28. The maximum Gasteiger partial charge on any atom is 0.130 e. The van der Waals surface area contributed by atoms with Crippen LogP contribution in [0.3, 0.4) is 0 Å². The van der Waals surface area contributed by atoms with E-state index in [1.54, 1.807) is 12.1 Å². The third kappa shape index (κ3) is 8.43. The molecule has 1 aliphatic rings. The Balaban J connectivity index is 0.000000189. The van der Waals surface area contributed by atoms with Gasteiger partial charge in [0.1, 0.15) is 11.2 Å². The fourth-order valence-electron chi connectivity index (χ4n) is 4.76. The van der Waals surface area contributed by atoms with E-state index in [1.165, 1.54) is 9.13 Å². The van der Waals surface area contributed by atoms with Crippen molar-refractivity contribution in [2.75, 3.05) is 39.4 Å². The van der Waals surface area contributed by atoms with Crippen molar-refractivity contribution < 1.29 is 14.9 Å². The Bertz CT molecular complexity index is 1270. The summed E-state index contributed by atoms with van der Waals surface area (Å²) in [5.41, 5.74) is 2.29. The van der Waals surface area contributed by atoms with Crippen molar-refractivity contribution in [1.82, 2.24) is 10.6 Å². The van der Waals surface area contributed by atoms with E-state index >= 15 is 0 Å². The highest BCUT2D eigenvalue weighted by Gasteiger charge is 2.37. The lowest BCUT2D eigenvalue weighted by atomic mass is 9.85. The first-order valence-electron chi connectivity index (χ1n) is 13.2. The van der Waals surface area contributed by atoms with Gasteiger partial charge in [0.05, 0.1) is 13.2 Å². The molecule has 2 atom stereocenters. The molecular weight excluding hydrogens is 785 g/mol. The summed E-state index contributed by atoms with van der Waals surface area (Å²) in [6.07, 6.45) is 0. The van der Waals surface area contributed by atoms with E-state index in [0.29, 0.717) is 24.7 Å². The Morgan fingerprint density at radius 1 is 0.780 bits per heavy atom. The van der Waals surface area contributed by atoms with Gasteiger partial charge < -0.3 is 25.6 Å². The average molecular weight is 817 g/mol. The Kier molecular flexibility index (Phi) is 12.3. The summed E-state index contributed by atoms with van der Waals surface area (Å²) in [5.74, 6) is 0. The minimum Gasteiger partial charge on any atom is -0.395 e. The summed E-state index contributed by atoms with van der Waals surface area (Å²) in [7, 11) is 0. The molecule has 0 aliphatic carbocycles. The second-order valence-electron chi connectivity index (χ2n) is 9.64. The van der Waals surface area contributed by atoms with E-state index in [0.717, 1.165) is 38.4 Å². The van der Waals surface area contributed by atoms with E-state index in [2.05, 4.69) is 80.1 Å². The molecule has 4 aromatic rings. The molecule has 0 bridgehead atoms. The van der Waals surface area contributed by atoms with E-state index in [9.17, 15) is 5.11 Å². The zero-order chi connectivity index (χ0) is 29.3. The van der Waals surface area contributed by atoms with E-state index in [-0.39, 0.29) is 6.61 Å². The van der Waals surface area contributed by atoms with Crippen LogP contribution in [0.25, 0.3) is 0 Å². The van der Waals surface area contributed by atoms with Crippen molar-refractivity contribution in [3.8, 4) is 0 Å². The van der Waals surface area contributed by atoms with E-state index in [1.807, 2.05) is 60.7 Å². The molecule has 1 heterocycles. The molecule has 0 radical (unpaired) electrons. The maximum atomic E-state index is 11.2. The third-order valence-corrected chi connectivity index (χ3v) is 8.88. The van der Waals surface area contributed by atoms with Crippen LogP contribution in [0.1, 0.15) is 22.3 Å². The number of morpholine rings is 1. The Morgan fingerprint density at radius 2 is 1.24 bits per heavy atom. The number of rotatable bonds is 8. The first-order valence-corrected chi connectivity index (χ1v) is 16.1. The number of aliphatic hydroxyl groups excluding tert-OH is 1. The number of benzene rings is 4. The van der Waals surface area contributed by atoms with Crippen molar-refractivity contribution in [2.24, 2.45) is 0 Å². The van der Waals surface area contributed by atoms with Crippen molar-refractivity contribution in [3.05, 3.63) is 137 Å². The smallest absolute Gasteiger partial charge is 0.130 e. The van der Waals surface area contributed by atoms with Crippen molar-refractivity contribution in [3.63, 3.8) is 0 Å². The average Bonchev–Trinajstić information content (AvgIpc) is 2.99. The minimum absolute atomic E-state index is 0.0311. The molecular formula is C32H32Cl2I2N2O3. The van der Waals surface area contributed by atoms with Crippen LogP contribution in [0, 0.1) is 7.14 Å². The van der Waals surface area contributed by atoms with Gasteiger partial charge in [-0.25, -0.2) is 0 Å². The van der Waals surface area contributed by atoms with Gasteiger partial charge >= 0.3 is 0 Å². The molecule has 0 aromatic heterocycles. The summed E-state index contributed by atoms with van der Waals surface area (Å²) >= 11 is 16.5. The molecule has 9 heteroatoms. The number of hydrogen-bond donors (Lipinski definition) is 4. The monoisotopic (exact) mass is 816 g/mol. The fraction of sp³-hybridized carbons (Fsp3) is 0.250. The molecule has 2 unspecified atom stereocenters. The van der Waals surface area contributed by atoms with Crippen LogP contribution in [-0.2, 0) is 15.9 Å². The number of aliphatic hydroxyl groups is 2. The molecule has 41 heavy (non-hydrogen) atoms. The summed E-state index contributed by atoms with van der Waals surface area (Å²) in [4.78, 5) is 0. The largest absolute Gasteiger partial charge is 0.395 e. The van der Waals surface area contributed by atoms with Gasteiger partial charge in [0, 0.05) is 43.4 Å². The Labute approximate surface area is 278 Å². The number of hydrogen-bond acceptors (Lipinski definition) is 5. The standard InChI is InChI=1S/C16H17ClINO2.C16H15ClINO/c17-14-5-1-12(2-6-14)16(21,11-19-9-10-20)13-3-7-15(18)8-4-13;17-14-5-1-12(2-6-14)16(11-19-9-10-20-16)13-3-7-15(18)8-4-13/h1-8,19-21H,9-11H2;1-8,19H,9-11H2. The zero-order valence-electron chi connectivity index (χ0n) is 22.3. The number of halogens is 4. The summed E-state index contributed by atoms with van der Waals surface area (Å²) in [6, 6.07) is 31.4. The minimum atomic E-state index is -1.16. The summed E-state index contributed by atoms with van der Waals surface area (Å²) in [6.45, 7) is 3.14. The number of ether oxygens (including phenoxy) is 1. The predicted octanol–water partition coefficient (Wildman–Crippen LogP) is 6.57. The third-order valence-electron chi connectivity index (χ3n) is 6.94. The molecule has 0 amide bonds. The van der Waals surface area contributed by atoms with Crippen LogP contribution in [0.5, 0.6) is 0 Å². The van der Waals surface area contributed by atoms with E-state index in [4.69, 9.17) is 33.0 Å². The van der Waals surface area contributed by atoms with Gasteiger partial charge in [-0.1, -0.05) is 71.7 Å². The van der Waals surface area contributed by atoms with Crippen LogP contribution in [0.4, 0.5) is 0 Å². The Morgan fingerprint density at radius 3 is 1.73 bits per heavy atom. The van der Waals surface area contributed by atoms with Crippen molar-refractivity contribution in [2.45, 2.75) is 11.2 Å². The highest BCUT2D eigenvalue weighted by atomic mass is 127. The molecule has 1 saturated heterocycles. The SMILES string of the molecule is Clc1ccc(C2(c3ccc(I)cc3)CNCCO2)cc1.OCCNCC(O)(c1ccc(Cl)cc1)c1ccc(I)cc1. The van der Waals surface area contributed by atoms with Gasteiger partial charge in [0.25, 0.3) is 0 Å². The normalized spacial score (nSPS) is 18.2. The molecule has 5 rings (SSSR count).